The first-order valence-corrected chi connectivity index (χ1v) is 13.0. The molecule has 1 aromatic heterocycles. The van der Waals surface area contributed by atoms with Crippen LogP contribution in [0.1, 0.15) is 0 Å². The van der Waals surface area contributed by atoms with Crippen molar-refractivity contribution < 1.29 is 21.9 Å². The number of aromatic nitrogens is 2. The highest BCUT2D eigenvalue weighted by molar-refractivity contribution is 9.10. The summed E-state index contributed by atoms with van der Waals surface area (Å²) in [6, 6.07) is 8.29. The number of sulfone groups is 1. The Hall–Kier alpha value is -2.59. The molecule has 0 radical (unpaired) electrons. The van der Waals surface area contributed by atoms with E-state index in [1.165, 1.54) is 36.4 Å². The van der Waals surface area contributed by atoms with Gasteiger partial charge in [-0.25, -0.2) is 27.2 Å². The van der Waals surface area contributed by atoms with E-state index in [9.17, 15) is 17.2 Å². The molecule has 2 atom stereocenters. The molecule has 10 heteroatoms. The minimum Gasteiger partial charge on any atom is -0.487 e. The van der Waals surface area contributed by atoms with Crippen LogP contribution >= 0.6 is 15.9 Å². The van der Waals surface area contributed by atoms with Crippen molar-refractivity contribution in [3.63, 3.8) is 0 Å². The van der Waals surface area contributed by atoms with E-state index in [1.807, 2.05) is 0 Å². The van der Waals surface area contributed by atoms with E-state index in [4.69, 9.17) is 4.74 Å². The second-order valence-electron chi connectivity index (χ2n) is 8.47. The summed E-state index contributed by atoms with van der Waals surface area (Å²) >= 11 is 3.32. The number of halogens is 3. The van der Waals surface area contributed by atoms with E-state index in [0.29, 0.717) is 28.9 Å². The summed E-state index contributed by atoms with van der Waals surface area (Å²) in [5.74, 6) is -0.224. The van der Waals surface area contributed by atoms with Crippen molar-refractivity contribution in [2.24, 2.45) is 17.8 Å². The summed E-state index contributed by atoms with van der Waals surface area (Å²) in [5, 5.41) is 0. The minimum atomic E-state index is -3.34. The molecule has 3 aromatic rings. The fraction of sp³-hybridized carbons (Fsp3) is 0.304. The highest BCUT2D eigenvalue weighted by Crippen LogP contribution is 2.52. The first-order valence-electron chi connectivity index (χ1n) is 10.4. The standard InChI is InChI=1S/C23H20BrF2N3O3S/c1-33(30,31)16-4-2-13(3-5-16)14-6-20(25)22(21(26)7-14)32-12-19-17-10-29(11-18(17)19)23-27-8-15(24)9-28-23/h2-9,17-19H,10-12H2,1H3. The lowest BCUT2D eigenvalue weighted by atomic mass is 10.1. The Labute approximate surface area is 198 Å². The van der Waals surface area contributed by atoms with Gasteiger partial charge in [-0.05, 0) is 63.2 Å². The van der Waals surface area contributed by atoms with Gasteiger partial charge in [0.2, 0.25) is 5.95 Å². The molecule has 33 heavy (non-hydrogen) atoms. The zero-order chi connectivity index (χ0) is 23.3. The minimum absolute atomic E-state index is 0.146. The van der Waals surface area contributed by atoms with Crippen molar-refractivity contribution >= 4 is 31.7 Å². The first kappa shape index (κ1) is 22.2. The van der Waals surface area contributed by atoms with Crippen LogP contribution < -0.4 is 9.64 Å². The van der Waals surface area contributed by atoms with Gasteiger partial charge in [-0.3, -0.25) is 0 Å². The van der Waals surface area contributed by atoms with E-state index in [2.05, 4.69) is 30.8 Å². The molecule has 2 fully saturated rings. The molecule has 1 aliphatic heterocycles. The van der Waals surface area contributed by atoms with Crippen molar-refractivity contribution in [1.29, 1.82) is 0 Å². The Morgan fingerprint density at radius 3 is 2.15 bits per heavy atom. The molecule has 2 unspecified atom stereocenters. The number of fused-ring (bicyclic) bond motifs is 1. The number of benzene rings is 2. The fourth-order valence-corrected chi connectivity index (χ4v) is 5.30. The number of hydrogen-bond donors (Lipinski definition) is 0. The molecule has 0 N–H and O–H groups in total. The molecule has 1 aliphatic carbocycles. The van der Waals surface area contributed by atoms with E-state index >= 15 is 0 Å². The maximum absolute atomic E-state index is 14.7. The van der Waals surface area contributed by atoms with E-state index in [1.54, 1.807) is 12.4 Å². The molecule has 1 saturated carbocycles. The molecule has 1 saturated heterocycles. The predicted octanol–water partition coefficient (Wildman–Crippen LogP) is 4.35. The van der Waals surface area contributed by atoms with Gasteiger partial charge in [0.1, 0.15) is 0 Å². The number of ether oxygens (including phenoxy) is 1. The van der Waals surface area contributed by atoms with Crippen LogP contribution in [0.25, 0.3) is 11.1 Å². The Morgan fingerprint density at radius 1 is 1.03 bits per heavy atom. The average molecular weight is 536 g/mol. The molecule has 6 nitrogen and oxygen atoms in total. The quantitative estimate of drug-likeness (QED) is 0.467. The third-order valence-corrected chi connectivity index (χ3v) is 7.83. The molecule has 5 rings (SSSR count). The molecule has 0 spiro atoms. The second-order valence-corrected chi connectivity index (χ2v) is 11.4. The Bertz CT molecular complexity index is 1270. The van der Waals surface area contributed by atoms with Gasteiger partial charge in [0.15, 0.2) is 27.2 Å². The summed E-state index contributed by atoms with van der Waals surface area (Å²) in [6.07, 6.45) is 4.53. The first-order chi connectivity index (χ1) is 15.7. The SMILES string of the molecule is CS(=O)(=O)c1ccc(-c2cc(F)c(OCC3C4CN(c5ncc(Br)cn5)CC34)c(F)c2)cc1. The molecule has 0 amide bonds. The predicted molar refractivity (Wildman–Crippen MR) is 123 cm³/mol. The van der Waals surface area contributed by atoms with Gasteiger partial charge in [0.05, 0.1) is 16.0 Å². The van der Waals surface area contributed by atoms with Crippen LogP contribution in [0.3, 0.4) is 0 Å². The van der Waals surface area contributed by atoms with Gasteiger partial charge in [-0.15, -0.1) is 0 Å². The van der Waals surface area contributed by atoms with Crippen LogP contribution in [0.15, 0.2) is 58.2 Å². The molecular formula is C23H20BrF2N3O3S. The van der Waals surface area contributed by atoms with Crippen molar-refractivity contribution in [2.45, 2.75) is 4.90 Å². The van der Waals surface area contributed by atoms with Gasteiger partial charge in [-0.2, -0.15) is 0 Å². The number of nitrogens with zero attached hydrogens (tertiary/aromatic N) is 3. The third kappa shape index (κ3) is 4.46. The number of anilines is 1. The van der Waals surface area contributed by atoms with Crippen molar-refractivity contribution in [3.8, 4) is 16.9 Å². The molecule has 2 aliphatic rings. The Balaban J connectivity index is 1.22. The lowest BCUT2D eigenvalue weighted by Gasteiger charge is -2.19. The second kappa shape index (κ2) is 8.32. The number of rotatable bonds is 6. The lowest BCUT2D eigenvalue weighted by Crippen LogP contribution is -2.27. The highest BCUT2D eigenvalue weighted by Gasteiger charge is 2.56. The fourth-order valence-electron chi connectivity index (χ4n) is 4.47. The molecule has 2 aromatic carbocycles. The average Bonchev–Trinajstić information content (AvgIpc) is 3.21. The summed E-state index contributed by atoms with van der Waals surface area (Å²) in [6.45, 7) is 1.85. The molecule has 2 heterocycles. The largest absolute Gasteiger partial charge is 0.487 e. The monoisotopic (exact) mass is 535 g/mol. The Kier molecular flexibility index (Phi) is 5.60. The zero-order valence-electron chi connectivity index (χ0n) is 17.6. The zero-order valence-corrected chi connectivity index (χ0v) is 20.0. The van der Waals surface area contributed by atoms with E-state index in [-0.39, 0.29) is 23.2 Å². The maximum Gasteiger partial charge on any atom is 0.225 e. The van der Waals surface area contributed by atoms with Gasteiger partial charge in [-0.1, -0.05) is 12.1 Å². The van der Waals surface area contributed by atoms with Gasteiger partial charge < -0.3 is 9.64 Å². The lowest BCUT2D eigenvalue weighted by molar-refractivity contribution is 0.257. The maximum atomic E-state index is 14.7. The number of hydrogen-bond acceptors (Lipinski definition) is 6. The van der Waals surface area contributed by atoms with E-state index in [0.717, 1.165) is 23.8 Å². The highest BCUT2D eigenvalue weighted by atomic mass is 79.9. The van der Waals surface area contributed by atoms with Crippen LogP contribution in [0.5, 0.6) is 5.75 Å². The number of piperidine rings is 1. The smallest absolute Gasteiger partial charge is 0.225 e. The summed E-state index contributed by atoms with van der Waals surface area (Å²) in [5.41, 5.74) is 0.824. The van der Waals surface area contributed by atoms with Crippen LogP contribution in [0.2, 0.25) is 0 Å². The van der Waals surface area contributed by atoms with Gasteiger partial charge >= 0.3 is 0 Å². The summed E-state index contributed by atoms with van der Waals surface area (Å²) < 4.78 is 58.9. The van der Waals surface area contributed by atoms with Crippen molar-refractivity contribution in [3.05, 3.63) is 64.9 Å². The van der Waals surface area contributed by atoms with Crippen LogP contribution in [-0.2, 0) is 9.84 Å². The van der Waals surface area contributed by atoms with E-state index < -0.39 is 21.5 Å². The molecular weight excluding hydrogens is 516 g/mol. The normalized spacial score (nSPS) is 21.7. The van der Waals surface area contributed by atoms with Crippen molar-refractivity contribution in [2.75, 3.05) is 30.9 Å². The van der Waals surface area contributed by atoms with Crippen LogP contribution in [-0.4, -0.2) is 44.3 Å². The summed E-state index contributed by atoms with van der Waals surface area (Å²) in [7, 11) is -3.34. The summed E-state index contributed by atoms with van der Waals surface area (Å²) in [4.78, 5) is 10.9. The van der Waals surface area contributed by atoms with Crippen LogP contribution in [0.4, 0.5) is 14.7 Å². The Morgan fingerprint density at radius 2 is 1.61 bits per heavy atom. The third-order valence-electron chi connectivity index (χ3n) is 6.30. The molecule has 172 valence electrons. The van der Waals surface area contributed by atoms with Crippen LogP contribution in [0, 0.1) is 29.4 Å². The van der Waals surface area contributed by atoms with Gasteiger partial charge in [0.25, 0.3) is 0 Å². The van der Waals surface area contributed by atoms with Crippen molar-refractivity contribution in [1.82, 2.24) is 9.97 Å². The van der Waals surface area contributed by atoms with Gasteiger partial charge in [0, 0.05) is 37.7 Å². The topological polar surface area (TPSA) is 72.4 Å². The molecule has 0 bridgehead atoms.